The predicted molar refractivity (Wildman–Crippen MR) is 88.5 cm³/mol. The number of pyridine rings is 1. The largest absolute Gasteiger partial charge is 0.356 e. The van der Waals surface area contributed by atoms with Gasteiger partial charge in [0.2, 0.25) is 0 Å². The summed E-state index contributed by atoms with van der Waals surface area (Å²) in [5.41, 5.74) is 7.03. The molecular formula is C16H21N3S. The lowest BCUT2D eigenvalue weighted by molar-refractivity contribution is 0.455. The minimum atomic E-state index is 0.271. The molecule has 3 rings (SSSR count). The summed E-state index contributed by atoms with van der Waals surface area (Å²) in [7, 11) is 0. The lowest BCUT2D eigenvalue weighted by atomic mass is 9.96. The van der Waals surface area contributed by atoms with E-state index in [1.165, 1.54) is 5.39 Å². The molecule has 1 aliphatic heterocycles. The third-order valence-electron chi connectivity index (χ3n) is 4.39. The predicted octanol–water partition coefficient (Wildman–Crippen LogP) is 2.90. The second kappa shape index (κ2) is 5.62. The monoisotopic (exact) mass is 287 g/mol. The summed E-state index contributed by atoms with van der Waals surface area (Å²) in [6, 6.07) is 12.6. The van der Waals surface area contributed by atoms with E-state index in [9.17, 15) is 0 Å². The maximum atomic E-state index is 5.95. The molecule has 1 aliphatic rings. The maximum absolute atomic E-state index is 5.95. The van der Waals surface area contributed by atoms with Gasteiger partial charge in [-0.1, -0.05) is 18.2 Å². The van der Waals surface area contributed by atoms with E-state index in [0.29, 0.717) is 0 Å². The number of nitrogens with zero attached hydrogens (tertiary/aromatic N) is 2. The molecule has 1 fully saturated rings. The van der Waals surface area contributed by atoms with E-state index in [1.807, 2.05) is 17.8 Å². The van der Waals surface area contributed by atoms with Crippen molar-refractivity contribution in [1.29, 1.82) is 0 Å². The molecule has 0 aliphatic carbocycles. The number of hydrogen-bond acceptors (Lipinski definition) is 4. The molecule has 2 N–H and O–H groups in total. The minimum absolute atomic E-state index is 0.271. The Labute approximate surface area is 124 Å². The second-order valence-electron chi connectivity index (χ2n) is 5.44. The molecule has 0 atom stereocenters. The molecule has 2 heterocycles. The zero-order chi connectivity index (χ0) is 14.0. The maximum Gasteiger partial charge on any atom is 0.129 e. The van der Waals surface area contributed by atoms with E-state index in [4.69, 9.17) is 10.7 Å². The number of aromatic nitrogens is 1. The first-order valence-corrected chi connectivity index (χ1v) is 8.35. The molecule has 20 heavy (non-hydrogen) atoms. The standard InChI is InChI=1S/C16H21N3S/c1-20-16(12-17)8-10-19(11-9-16)15-7-6-13-4-2-3-5-14(13)18-15/h2-7H,8-12,17H2,1H3. The average molecular weight is 287 g/mol. The van der Waals surface area contributed by atoms with Crippen LogP contribution in [0.3, 0.4) is 0 Å². The summed E-state index contributed by atoms with van der Waals surface area (Å²) in [4.78, 5) is 7.17. The van der Waals surface area contributed by atoms with Crippen LogP contribution in [0, 0.1) is 0 Å². The number of nitrogens with two attached hydrogens (primary N) is 1. The Kier molecular flexibility index (Phi) is 3.85. The van der Waals surface area contributed by atoms with E-state index in [2.05, 4.69) is 41.5 Å². The van der Waals surface area contributed by atoms with Crippen molar-refractivity contribution < 1.29 is 0 Å². The highest BCUT2D eigenvalue weighted by molar-refractivity contribution is 8.00. The third kappa shape index (κ3) is 2.50. The molecule has 3 nitrogen and oxygen atoms in total. The van der Waals surface area contributed by atoms with Gasteiger partial charge in [-0.25, -0.2) is 4.98 Å². The van der Waals surface area contributed by atoms with Crippen LogP contribution in [0.2, 0.25) is 0 Å². The van der Waals surface area contributed by atoms with Crippen molar-refractivity contribution in [3.05, 3.63) is 36.4 Å². The number of thioether (sulfide) groups is 1. The summed E-state index contributed by atoms with van der Waals surface area (Å²) in [5.74, 6) is 1.09. The van der Waals surface area contributed by atoms with Crippen molar-refractivity contribution in [2.24, 2.45) is 5.73 Å². The summed E-state index contributed by atoms with van der Waals surface area (Å²) in [5, 5.41) is 1.20. The van der Waals surface area contributed by atoms with E-state index in [1.54, 1.807) is 0 Å². The van der Waals surface area contributed by atoms with E-state index >= 15 is 0 Å². The van der Waals surface area contributed by atoms with Gasteiger partial charge in [0.25, 0.3) is 0 Å². The van der Waals surface area contributed by atoms with Crippen LogP contribution in [-0.4, -0.2) is 35.6 Å². The molecular weight excluding hydrogens is 266 g/mol. The smallest absolute Gasteiger partial charge is 0.129 e. The van der Waals surface area contributed by atoms with Crippen molar-refractivity contribution in [2.75, 3.05) is 30.8 Å². The van der Waals surface area contributed by atoms with Crippen molar-refractivity contribution in [3.63, 3.8) is 0 Å². The normalized spacial score (nSPS) is 18.4. The lowest BCUT2D eigenvalue weighted by Crippen LogP contribution is -2.46. The highest BCUT2D eigenvalue weighted by Crippen LogP contribution is 2.34. The second-order valence-corrected chi connectivity index (χ2v) is 6.71. The molecule has 0 radical (unpaired) electrons. The van der Waals surface area contributed by atoms with Crippen LogP contribution in [0.1, 0.15) is 12.8 Å². The van der Waals surface area contributed by atoms with E-state index in [-0.39, 0.29) is 4.75 Å². The van der Waals surface area contributed by atoms with Gasteiger partial charge in [-0.05, 0) is 37.3 Å². The molecule has 1 aromatic heterocycles. The Morgan fingerprint density at radius 3 is 2.65 bits per heavy atom. The number of fused-ring (bicyclic) bond motifs is 1. The Balaban J connectivity index is 1.79. The van der Waals surface area contributed by atoms with Gasteiger partial charge in [0.1, 0.15) is 5.82 Å². The summed E-state index contributed by atoms with van der Waals surface area (Å²) >= 11 is 1.92. The number of para-hydroxylation sites is 1. The Morgan fingerprint density at radius 2 is 1.95 bits per heavy atom. The number of piperidine rings is 1. The Bertz CT molecular complexity index is 585. The van der Waals surface area contributed by atoms with Crippen LogP contribution in [-0.2, 0) is 0 Å². The molecule has 0 bridgehead atoms. The fraction of sp³-hybridized carbons (Fsp3) is 0.438. The van der Waals surface area contributed by atoms with Gasteiger partial charge in [-0.2, -0.15) is 11.8 Å². The van der Waals surface area contributed by atoms with Gasteiger partial charge in [0, 0.05) is 29.8 Å². The van der Waals surface area contributed by atoms with Gasteiger partial charge >= 0.3 is 0 Å². The van der Waals surface area contributed by atoms with E-state index in [0.717, 1.165) is 43.8 Å². The zero-order valence-corrected chi connectivity index (χ0v) is 12.7. The number of anilines is 1. The van der Waals surface area contributed by atoms with Crippen molar-refractivity contribution in [1.82, 2.24) is 4.98 Å². The molecule has 4 heteroatoms. The molecule has 2 aromatic rings. The molecule has 0 unspecified atom stereocenters. The number of benzene rings is 1. The first kappa shape index (κ1) is 13.7. The quantitative estimate of drug-likeness (QED) is 0.942. The first-order valence-electron chi connectivity index (χ1n) is 7.12. The topological polar surface area (TPSA) is 42.1 Å². The molecule has 0 saturated carbocycles. The lowest BCUT2D eigenvalue weighted by Gasteiger charge is -2.40. The molecule has 106 valence electrons. The fourth-order valence-corrected chi connectivity index (χ4v) is 3.62. The fourth-order valence-electron chi connectivity index (χ4n) is 2.87. The third-order valence-corrected chi connectivity index (χ3v) is 5.83. The zero-order valence-electron chi connectivity index (χ0n) is 11.9. The van der Waals surface area contributed by atoms with Gasteiger partial charge in [-0.15, -0.1) is 0 Å². The van der Waals surface area contributed by atoms with E-state index < -0.39 is 0 Å². The van der Waals surface area contributed by atoms with Crippen LogP contribution < -0.4 is 10.6 Å². The van der Waals surface area contributed by atoms with Gasteiger partial charge in [-0.3, -0.25) is 0 Å². The van der Waals surface area contributed by atoms with Crippen LogP contribution in [0.25, 0.3) is 10.9 Å². The number of rotatable bonds is 3. The molecule has 1 aromatic carbocycles. The van der Waals surface area contributed by atoms with Crippen LogP contribution >= 0.6 is 11.8 Å². The van der Waals surface area contributed by atoms with Crippen molar-refractivity contribution in [3.8, 4) is 0 Å². The number of hydrogen-bond donors (Lipinski definition) is 1. The highest BCUT2D eigenvalue weighted by atomic mass is 32.2. The van der Waals surface area contributed by atoms with Crippen molar-refractivity contribution in [2.45, 2.75) is 17.6 Å². The summed E-state index contributed by atoms with van der Waals surface area (Å²) in [6.07, 6.45) is 4.45. The summed E-state index contributed by atoms with van der Waals surface area (Å²) in [6.45, 7) is 2.86. The minimum Gasteiger partial charge on any atom is -0.356 e. The van der Waals surface area contributed by atoms with Crippen LogP contribution in [0.4, 0.5) is 5.82 Å². The summed E-state index contributed by atoms with van der Waals surface area (Å²) < 4.78 is 0.271. The van der Waals surface area contributed by atoms with Crippen LogP contribution in [0.5, 0.6) is 0 Å². The van der Waals surface area contributed by atoms with Crippen LogP contribution in [0.15, 0.2) is 36.4 Å². The van der Waals surface area contributed by atoms with Crippen molar-refractivity contribution >= 4 is 28.5 Å². The Hall–Kier alpha value is -1.26. The van der Waals surface area contributed by atoms with Gasteiger partial charge < -0.3 is 10.6 Å². The SMILES string of the molecule is CSC1(CN)CCN(c2ccc3ccccc3n2)CC1. The van der Waals surface area contributed by atoms with Gasteiger partial charge in [0.15, 0.2) is 0 Å². The average Bonchev–Trinajstić information content (AvgIpc) is 2.54. The Morgan fingerprint density at radius 1 is 1.20 bits per heavy atom. The molecule has 0 spiro atoms. The highest BCUT2D eigenvalue weighted by Gasteiger charge is 2.32. The molecule has 0 amide bonds. The molecule has 1 saturated heterocycles. The van der Waals surface area contributed by atoms with Gasteiger partial charge in [0.05, 0.1) is 5.52 Å². The first-order chi connectivity index (χ1) is 9.76.